The van der Waals surface area contributed by atoms with Crippen molar-refractivity contribution in [3.8, 4) is 0 Å². The molecule has 0 unspecified atom stereocenters. The zero-order valence-electron chi connectivity index (χ0n) is 25.8. The molecule has 0 amide bonds. The van der Waals surface area contributed by atoms with E-state index in [9.17, 15) is 19.8 Å². The molecule has 0 aromatic heterocycles. The first-order valence-corrected chi connectivity index (χ1v) is 16.2. The molecule has 11 nitrogen and oxygen atoms in total. The zero-order valence-corrected chi connectivity index (χ0v) is 25.8. The molecule has 2 aliphatic rings. The molecule has 244 valence electrons. The van der Waals surface area contributed by atoms with Gasteiger partial charge in [-0.15, -0.1) is 0 Å². The number of aliphatic hydroxyl groups excluding tert-OH is 2. The minimum Gasteiger partial charge on any atom is -0.464 e. The lowest BCUT2D eigenvalue weighted by molar-refractivity contribution is -0.492. The highest BCUT2D eigenvalue weighted by molar-refractivity contribution is 5.78. The van der Waals surface area contributed by atoms with Crippen LogP contribution in [-0.4, -0.2) is 112 Å². The van der Waals surface area contributed by atoms with Crippen molar-refractivity contribution in [2.75, 3.05) is 52.5 Å². The number of carbonyl (C=O) groups is 2. The molecular weight excluding hydrogens is 542 g/mol. The number of hydrogen-bond donors (Lipinski definition) is 4. The van der Waals surface area contributed by atoms with Crippen LogP contribution in [0.4, 0.5) is 0 Å². The molecule has 1 aliphatic heterocycles. The summed E-state index contributed by atoms with van der Waals surface area (Å²) in [6.07, 6.45) is 13.9. The standard InChI is InChI=1S/C31H57N3O8/c1-2-3-4-5-8-12-26(35)15-16-28-27(29(36)25-30(28)37)13-9-6-7-10-14-31(38)41-24-22-33-20-18-32(19-21-33)17-11-23-42-34(39)40/h6,9,27-30,36-37,39-40H,2-5,7-8,10-25H2,1H3/b9-6-/t27-,28-,29+,30-/m1/s1. The van der Waals surface area contributed by atoms with Crippen LogP contribution < -0.4 is 0 Å². The number of Topliss-reactive ketones (excluding diaryl/α,β-unsaturated/α-hetero) is 1. The number of carbonyl (C=O) groups excluding carboxylic acids is 2. The molecule has 1 saturated carbocycles. The van der Waals surface area contributed by atoms with Gasteiger partial charge in [0.05, 0.1) is 24.2 Å². The van der Waals surface area contributed by atoms with Crippen molar-refractivity contribution in [2.45, 2.75) is 109 Å². The Labute approximate surface area is 252 Å². The average molecular weight is 600 g/mol. The van der Waals surface area contributed by atoms with E-state index in [-0.39, 0.29) is 35.6 Å². The van der Waals surface area contributed by atoms with E-state index in [1.54, 1.807) is 0 Å². The maximum atomic E-state index is 12.3. The number of unbranched alkanes of at least 4 members (excludes halogenated alkanes) is 5. The van der Waals surface area contributed by atoms with E-state index < -0.39 is 12.2 Å². The first kappa shape index (κ1) is 36.8. The van der Waals surface area contributed by atoms with Crippen LogP contribution in [0, 0.1) is 11.8 Å². The maximum absolute atomic E-state index is 12.3. The Morgan fingerprint density at radius 2 is 1.50 bits per heavy atom. The molecule has 0 bridgehead atoms. The van der Waals surface area contributed by atoms with Gasteiger partial charge >= 0.3 is 5.97 Å². The van der Waals surface area contributed by atoms with Crippen LogP contribution in [0.1, 0.15) is 96.8 Å². The second kappa shape index (κ2) is 22.1. The quantitative estimate of drug-likeness (QED) is 0.0590. The average Bonchev–Trinajstić information content (AvgIpc) is 3.23. The maximum Gasteiger partial charge on any atom is 0.305 e. The van der Waals surface area contributed by atoms with Gasteiger partial charge in [0.1, 0.15) is 12.4 Å². The predicted molar refractivity (Wildman–Crippen MR) is 159 cm³/mol. The Hall–Kier alpha value is -1.44. The third-order valence-corrected chi connectivity index (χ3v) is 8.62. The molecule has 1 heterocycles. The summed E-state index contributed by atoms with van der Waals surface area (Å²) in [4.78, 5) is 33.6. The third-order valence-electron chi connectivity index (χ3n) is 8.62. The van der Waals surface area contributed by atoms with Gasteiger partial charge in [-0.2, -0.15) is 0 Å². The molecule has 4 N–H and O–H groups in total. The summed E-state index contributed by atoms with van der Waals surface area (Å²) < 4.78 is 5.41. The highest BCUT2D eigenvalue weighted by Gasteiger charge is 2.40. The molecule has 1 saturated heterocycles. The number of rotatable bonds is 23. The fraction of sp³-hybridized carbons (Fsp3) is 0.871. The van der Waals surface area contributed by atoms with E-state index in [0.717, 1.165) is 52.0 Å². The molecule has 2 fully saturated rings. The number of aliphatic hydroxyl groups is 2. The number of ketones is 1. The van der Waals surface area contributed by atoms with Crippen molar-refractivity contribution in [3.05, 3.63) is 12.2 Å². The van der Waals surface area contributed by atoms with Crippen LogP contribution in [0.2, 0.25) is 0 Å². The van der Waals surface area contributed by atoms with Crippen molar-refractivity contribution < 1.29 is 39.8 Å². The van der Waals surface area contributed by atoms with E-state index in [2.05, 4.69) is 21.6 Å². The van der Waals surface area contributed by atoms with Crippen LogP contribution in [0.3, 0.4) is 0 Å². The molecule has 11 heteroatoms. The van der Waals surface area contributed by atoms with Gasteiger partial charge in [0.15, 0.2) is 0 Å². The van der Waals surface area contributed by atoms with Crippen LogP contribution >= 0.6 is 0 Å². The highest BCUT2D eigenvalue weighted by Crippen LogP contribution is 2.38. The monoisotopic (exact) mass is 599 g/mol. The number of hydrogen-bond acceptors (Lipinski definition) is 11. The molecule has 2 rings (SSSR count). The second-order valence-electron chi connectivity index (χ2n) is 11.9. The van der Waals surface area contributed by atoms with Crippen molar-refractivity contribution in [1.82, 2.24) is 15.2 Å². The summed E-state index contributed by atoms with van der Waals surface area (Å²) in [6.45, 7) is 7.98. The minimum absolute atomic E-state index is 0.0343. The van der Waals surface area contributed by atoms with Crippen molar-refractivity contribution >= 4 is 11.8 Å². The summed E-state index contributed by atoms with van der Waals surface area (Å²) in [5, 5.41) is 37.8. The number of allylic oxidation sites excluding steroid dienone is 2. The molecule has 0 radical (unpaired) electrons. The first-order chi connectivity index (χ1) is 20.3. The molecule has 1 aliphatic carbocycles. The van der Waals surface area contributed by atoms with Gasteiger partial charge in [-0.1, -0.05) is 44.8 Å². The van der Waals surface area contributed by atoms with Crippen LogP contribution in [0.5, 0.6) is 0 Å². The molecule has 4 atom stereocenters. The third kappa shape index (κ3) is 15.9. The van der Waals surface area contributed by atoms with Crippen LogP contribution in [0.25, 0.3) is 0 Å². The lowest BCUT2D eigenvalue weighted by Crippen LogP contribution is -2.47. The van der Waals surface area contributed by atoms with Gasteiger partial charge < -0.3 is 19.8 Å². The van der Waals surface area contributed by atoms with Crippen LogP contribution in [-0.2, 0) is 19.2 Å². The normalized spacial score (nSPS) is 23.8. The summed E-state index contributed by atoms with van der Waals surface area (Å²) in [5.41, 5.74) is 0. The minimum atomic E-state index is -0.554. The Kier molecular flexibility index (Phi) is 19.4. The van der Waals surface area contributed by atoms with Crippen molar-refractivity contribution in [3.63, 3.8) is 0 Å². The Bertz CT molecular complexity index is 760. The van der Waals surface area contributed by atoms with Crippen molar-refractivity contribution in [2.24, 2.45) is 11.8 Å². The predicted octanol–water partition coefficient (Wildman–Crippen LogP) is 3.73. The molecule has 42 heavy (non-hydrogen) atoms. The number of esters is 1. The highest BCUT2D eigenvalue weighted by atomic mass is 17.1. The van der Waals surface area contributed by atoms with E-state index in [1.165, 1.54) is 19.3 Å². The Morgan fingerprint density at radius 3 is 2.21 bits per heavy atom. The van der Waals surface area contributed by atoms with E-state index >= 15 is 0 Å². The summed E-state index contributed by atoms with van der Waals surface area (Å²) >= 11 is 0. The fourth-order valence-corrected chi connectivity index (χ4v) is 6.05. The molecule has 0 aromatic carbocycles. The first-order valence-electron chi connectivity index (χ1n) is 16.2. The largest absolute Gasteiger partial charge is 0.464 e. The SMILES string of the molecule is CCCCCCCC(=O)CC[C@@H]1[C@@H](C/C=C\CCCC(=O)OCCN2CCN(CCCON(O)O)CC2)[C@@H](O)C[C@H]1O. The fourth-order valence-electron chi connectivity index (χ4n) is 6.05. The Morgan fingerprint density at radius 1 is 0.810 bits per heavy atom. The van der Waals surface area contributed by atoms with E-state index in [0.29, 0.717) is 64.5 Å². The summed E-state index contributed by atoms with van der Waals surface area (Å²) in [6, 6.07) is 0. The molecule has 0 aromatic rings. The Balaban J connectivity index is 1.52. The lowest BCUT2D eigenvalue weighted by Gasteiger charge is -2.34. The van der Waals surface area contributed by atoms with Crippen LogP contribution in [0.15, 0.2) is 12.2 Å². The van der Waals surface area contributed by atoms with Gasteiger partial charge in [-0.05, 0) is 56.8 Å². The summed E-state index contributed by atoms with van der Waals surface area (Å²) in [7, 11) is 0. The van der Waals surface area contributed by atoms with Gasteiger partial charge in [0.25, 0.3) is 0 Å². The van der Waals surface area contributed by atoms with Gasteiger partial charge in [-0.25, -0.2) is 0 Å². The number of ether oxygens (including phenoxy) is 1. The van der Waals surface area contributed by atoms with Gasteiger partial charge in [0, 0.05) is 58.5 Å². The topological polar surface area (TPSA) is 143 Å². The zero-order chi connectivity index (χ0) is 30.6. The van der Waals surface area contributed by atoms with E-state index in [4.69, 9.17) is 15.2 Å². The smallest absolute Gasteiger partial charge is 0.305 e. The van der Waals surface area contributed by atoms with E-state index in [1.807, 2.05) is 12.2 Å². The second-order valence-corrected chi connectivity index (χ2v) is 11.9. The van der Waals surface area contributed by atoms with Crippen molar-refractivity contribution in [1.29, 1.82) is 0 Å². The molecular formula is C31H57N3O8. The molecule has 0 spiro atoms. The number of nitrogens with zero attached hydrogens (tertiary/aromatic N) is 3. The lowest BCUT2D eigenvalue weighted by atomic mass is 9.86. The number of piperazine rings is 1. The van der Waals surface area contributed by atoms with Gasteiger partial charge in [0.2, 0.25) is 0 Å². The van der Waals surface area contributed by atoms with Gasteiger partial charge in [-0.3, -0.25) is 29.7 Å². The summed E-state index contributed by atoms with van der Waals surface area (Å²) in [5.74, 6) is -0.00437.